The number of carbonyl (C=O) groups is 2. The molecule has 0 atom stereocenters. The van der Waals surface area contributed by atoms with Crippen molar-refractivity contribution in [3.05, 3.63) is 58.6 Å². The molecular weight excluding hydrogens is 404 g/mol. The maximum atomic E-state index is 13.0. The third-order valence-corrected chi connectivity index (χ3v) is 5.53. The lowest BCUT2D eigenvalue weighted by Gasteiger charge is -2.22. The summed E-state index contributed by atoms with van der Waals surface area (Å²) in [5.74, 6) is 1.18. The van der Waals surface area contributed by atoms with Crippen molar-refractivity contribution in [1.82, 2.24) is 9.80 Å². The van der Waals surface area contributed by atoms with Crippen molar-refractivity contribution in [3.63, 3.8) is 0 Å². The standard InChI is InChI=1S/C23H27ClN2O4/c1-29-20-14-18(15-21(16-20)30-2)23(28)26-11-3-10-25(12-13-26)22(27)9-6-17-4-7-19(24)8-5-17/h4-5,7-8,14-16H,3,6,9-13H2,1-2H3. The van der Waals surface area contributed by atoms with Gasteiger partial charge < -0.3 is 19.3 Å². The molecular formula is C23H27ClN2O4. The molecule has 1 aliphatic rings. The highest BCUT2D eigenvalue weighted by atomic mass is 35.5. The van der Waals surface area contributed by atoms with Gasteiger partial charge in [0.05, 0.1) is 14.2 Å². The summed E-state index contributed by atoms with van der Waals surface area (Å²) in [6, 6.07) is 12.7. The van der Waals surface area contributed by atoms with E-state index in [1.807, 2.05) is 29.2 Å². The lowest BCUT2D eigenvalue weighted by molar-refractivity contribution is -0.131. The monoisotopic (exact) mass is 430 g/mol. The predicted molar refractivity (Wildman–Crippen MR) is 116 cm³/mol. The van der Waals surface area contributed by atoms with Gasteiger partial charge in [-0.2, -0.15) is 0 Å². The van der Waals surface area contributed by atoms with E-state index < -0.39 is 0 Å². The van der Waals surface area contributed by atoms with Crippen LogP contribution in [0.25, 0.3) is 0 Å². The van der Waals surface area contributed by atoms with E-state index >= 15 is 0 Å². The lowest BCUT2D eigenvalue weighted by Crippen LogP contribution is -2.37. The zero-order valence-corrected chi connectivity index (χ0v) is 18.2. The molecule has 0 unspecified atom stereocenters. The second-order valence-corrected chi connectivity index (χ2v) is 7.69. The number of amides is 2. The summed E-state index contributed by atoms with van der Waals surface area (Å²) in [4.78, 5) is 29.3. The van der Waals surface area contributed by atoms with Gasteiger partial charge in [0.1, 0.15) is 11.5 Å². The molecule has 0 spiro atoms. The number of hydrogen-bond acceptors (Lipinski definition) is 4. The fourth-order valence-electron chi connectivity index (χ4n) is 3.54. The van der Waals surface area contributed by atoms with E-state index in [9.17, 15) is 9.59 Å². The summed E-state index contributed by atoms with van der Waals surface area (Å²) in [7, 11) is 3.12. The number of ether oxygens (including phenoxy) is 2. The molecule has 6 nitrogen and oxygen atoms in total. The summed E-state index contributed by atoms with van der Waals surface area (Å²) >= 11 is 5.91. The molecule has 0 N–H and O–H groups in total. The third kappa shape index (κ3) is 5.66. The molecule has 160 valence electrons. The van der Waals surface area contributed by atoms with Gasteiger partial charge in [0.15, 0.2) is 0 Å². The van der Waals surface area contributed by atoms with Gasteiger partial charge in [0, 0.05) is 49.3 Å². The van der Waals surface area contributed by atoms with Crippen LogP contribution in [0.15, 0.2) is 42.5 Å². The average molecular weight is 431 g/mol. The van der Waals surface area contributed by atoms with Crippen LogP contribution in [-0.4, -0.2) is 62.0 Å². The summed E-state index contributed by atoms with van der Waals surface area (Å²) in [5.41, 5.74) is 1.61. The first-order valence-corrected chi connectivity index (χ1v) is 10.4. The van der Waals surface area contributed by atoms with Crippen molar-refractivity contribution >= 4 is 23.4 Å². The molecule has 30 heavy (non-hydrogen) atoms. The van der Waals surface area contributed by atoms with Crippen LogP contribution in [0.4, 0.5) is 0 Å². The molecule has 2 amide bonds. The van der Waals surface area contributed by atoms with Crippen molar-refractivity contribution in [2.75, 3.05) is 40.4 Å². The molecule has 1 aliphatic heterocycles. The number of halogens is 1. The van der Waals surface area contributed by atoms with Crippen molar-refractivity contribution < 1.29 is 19.1 Å². The minimum absolute atomic E-state index is 0.0809. The van der Waals surface area contributed by atoms with Crippen LogP contribution in [0.5, 0.6) is 11.5 Å². The van der Waals surface area contributed by atoms with Gasteiger partial charge in [0.2, 0.25) is 5.91 Å². The molecule has 0 bridgehead atoms. The molecule has 1 fully saturated rings. The number of carbonyl (C=O) groups excluding carboxylic acids is 2. The average Bonchev–Trinajstić information content (AvgIpc) is 3.04. The van der Waals surface area contributed by atoms with Gasteiger partial charge in [-0.05, 0) is 42.7 Å². The predicted octanol–water partition coefficient (Wildman–Crippen LogP) is 3.66. The minimum atomic E-state index is -0.0809. The molecule has 2 aromatic rings. The fourth-order valence-corrected chi connectivity index (χ4v) is 3.67. The van der Waals surface area contributed by atoms with E-state index in [0.29, 0.717) is 61.1 Å². The van der Waals surface area contributed by atoms with Crippen LogP contribution in [0.3, 0.4) is 0 Å². The Labute approximate surface area is 182 Å². The third-order valence-electron chi connectivity index (χ3n) is 5.28. The summed E-state index contributed by atoms with van der Waals surface area (Å²) in [6.07, 6.45) is 1.88. The van der Waals surface area contributed by atoms with Crippen LogP contribution in [0, 0.1) is 0 Å². The normalized spacial score (nSPS) is 14.2. The van der Waals surface area contributed by atoms with Gasteiger partial charge in [-0.25, -0.2) is 0 Å². The first-order chi connectivity index (χ1) is 14.5. The molecule has 3 rings (SSSR count). The second kappa shape index (κ2) is 10.3. The maximum Gasteiger partial charge on any atom is 0.254 e. The first kappa shape index (κ1) is 22.0. The molecule has 7 heteroatoms. The number of benzene rings is 2. The number of hydrogen-bond donors (Lipinski definition) is 0. The van der Waals surface area contributed by atoms with Gasteiger partial charge >= 0.3 is 0 Å². The van der Waals surface area contributed by atoms with Gasteiger partial charge in [-0.15, -0.1) is 0 Å². The van der Waals surface area contributed by atoms with E-state index in [2.05, 4.69) is 0 Å². The minimum Gasteiger partial charge on any atom is -0.497 e. The van der Waals surface area contributed by atoms with Crippen molar-refractivity contribution in [3.8, 4) is 11.5 Å². The number of methoxy groups -OCH3 is 2. The highest BCUT2D eigenvalue weighted by Gasteiger charge is 2.23. The van der Waals surface area contributed by atoms with Gasteiger partial charge in [-0.1, -0.05) is 23.7 Å². The zero-order valence-electron chi connectivity index (χ0n) is 17.4. The Hall–Kier alpha value is -2.73. The zero-order chi connectivity index (χ0) is 21.5. The first-order valence-electron chi connectivity index (χ1n) is 10.0. The molecule has 2 aromatic carbocycles. The van der Waals surface area contributed by atoms with E-state index in [0.717, 1.165) is 12.0 Å². The van der Waals surface area contributed by atoms with Crippen LogP contribution >= 0.6 is 11.6 Å². The topological polar surface area (TPSA) is 59.1 Å². The largest absolute Gasteiger partial charge is 0.497 e. The Kier molecular flexibility index (Phi) is 7.57. The molecule has 1 saturated heterocycles. The molecule has 0 aliphatic carbocycles. The Morgan fingerprint density at radius 1 is 0.900 bits per heavy atom. The SMILES string of the molecule is COc1cc(OC)cc(C(=O)N2CCCN(C(=O)CCc3ccc(Cl)cc3)CC2)c1. The van der Waals surface area contributed by atoms with Gasteiger partial charge in [-0.3, -0.25) is 9.59 Å². The summed E-state index contributed by atoms with van der Waals surface area (Å²) < 4.78 is 10.5. The number of rotatable bonds is 6. The van der Waals surface area contributed by atoms with Crippen LogP contribution in [0.1, 0.15) is 28.8 Å². The molecule has 1 heterocycles. The molecule has 0 aromatic heterocycles. The Morgan fingerprint density at radius 2 is 1.50 bits per heavy atom. The molecule has 0 radical (unpaired) electrons. The van der Waals surface area contributed by atoms with Crippen LogP contribution in [-0.2, 0) is 11.2 Å². The Bertz CT molecular complexity index is 863. The van der Waals surface area contributed by atoms with Crippen molar-refractivity contribution in [2.24, 2.45) is 0 Å². The summed E-state index contributed by atoms with van der Waals surface area (Å²) in [6.45, 7) is 2.31. The maximum absolute atomic E-state index is 13.0. The quantitative estimate of drug-likeness (QED) is 0.701. The highest BCUT2D eigenvalue weighted by molar-refractivity contribution is 6.30. The van der Waals surface area contributed by atoms with Crippen molar-refractivity contribution in [1.29, 1.82) is 0 Å². The van der Waals surface area contributed by atoms with Crippen molar-refractivity contribution in [2.45, 2.75) is 19.3 Å². The lowest BCUT2D eigenvalue weighted by atomic mass is 10.1. The highest BCUT2D eigenvalue weighted by Crippen LogP contribution is 2.24. The van der Waals surface area contributed by atoms with E-state index in [4.69, 9.17) is 21.1 Å². The van der Waals surface area contributed by atoms with E-state index in [1.165, 1.54) is 0 Å². The Morgan fingerprint density at radius 3 is 2.13 bits per heavy atom. The summed E-state index contributed by atoms with van der Waals surface area (Å²) in [5, 5.41) is 0.691. The smallest absolute Gasteiger partial charge is 0.254 e. The Balaban J connectivity index is 1.58. The van der Waals surface area contributed by atoms with Gasteiger partial charge in [0.25, 0.3) is 5.91 Å². The van der Waals surface area contributed by atoms with Crippen LogP contribution in [0.2, 0.25) is 5.02 Å². The molecule has 0 saturated carbocycles. The number of aryl methyl sites for hydroxylation is 1. The second-order valence-electron chi connectivity index (χ2n) is 7.25. The fraction of sp³-hybridized carbons (Fsp3) is 0.391. The van der Waals surface area contributed by atoms with E-state index in [-0.39, 0.29) is 11.8 Å². The van der Waals surface area contributed by atoms with E-state index in [1.54, 1.807) is 37.3 Å². The van der Waals surface area contributed by atoms with Crippen LogP contribution < -0.4 is 9.47 Å². The number of nitrogens with zero attached hydrogens (tertiary/aromatic N) is 2.